The molecule has 4 aliphatic rings. The van der Waals surface area contributed by atoms with Gasteiger partial charge in [0.2, 0.25) is 11.9 Å². The van der Waals surface area contributed by atoms with Crippen LogP contribution < -0.4 is 4.90 Å². The summed E-state index contributed by atoms with van der Waals surface area (Å²) in [6.07, 6.45) is 5.19. The minimum absolute atomic E-state index is 0.122. The summed E-state index contributed by atoms with van der Waals surface area (Å²) >= 11 is 0. The first kappa shape index (κ1) is 18.3. The van der Waals surface area contributed by atoms with E-state index in [2.05, 4.69) is 14.8 Å². The predicted molar refractivity (Wildman–Crippen MR) is 103 cm³/mol. The van der Waals surface area contributed by atoms with Crippen LogP contribution in [0.4, 0.5) is 5.95 Å². The lowest BCUT2D eigenvalue weighted by atomic mass is 9.80. The van der Waals surface area contributed by atoms with Crippen LogP contribution in [0.15, 0.2) is 6.20 Å². The maximum atomic E-state index is 12.6. The van der Waals surface area contributed by atoms with Crippen LogP contribution in [0.3, 0.4) is 0 Å². The quantitative estimate of drug-likeness (QED) is 0.744. The van der Waals surface area contributed by atoms with E-state index in [1.165, 1.54) is 0 Å². The third kappa shape index (κ3) is 3.38. The number of likely N-dealkylation sites (tertiary alicyclic amines) is 2. The highest BCUT2D eigenvalue weighted by Crippen LogP contribution is 2.39. The fraction of sp³-hybridized carbons (Fsp3) is 0.750. The van der Waals surface area contributed by atoms with Crippen LogP contribution in [-0.2, 0) is 26.3 Å². The summed E-state index contributed by atoms with van der Waals surface area (Å²) in [5.74, 6) is 1.07. The number of ether oxygens (including phenoxy) is 2. The van der Waals surface area contributed by atoms with Crippen LogP contribution in [0.5, 0.6) is 0 Å². The molecule has 0 aliphatic carbocycles. The number of carbonyl (C=O) groups excluding carboxylic acids is 1. The van der Waals surface area contributed by atoms with E-state index in [0.717, 1.165) is 89.0 Å². The maximum Gasteiger partial charge on any atom is 0.236 e. The average Bonchev–Trinajstić information content (AvgIpc) is 3.40. The second-order valence-electron chi connectivity index (χ2n) is 8.46. The highest BCUT2D eigenvalue weighted by molar-refractivity contribution is 5.78. The molecule has 1 atom stereocenters. The van der Waals surface area contributed by atoms with E-state index in [1.807, 2.05) is 11.1 Å². The van der Waals surface area contributed by atoms with Gasteiger partial charge >= 0.3 is 0 Å². The number of morpholine rings is 1. The molecule has 5 heterocycles. The van der Waals surface area contributed by atoms with Crippen LogP contribution in [-0.4, -0.2) is 91.3 Å². The summed E-state index contributed by atoms with van der Waals surface area (Å²) in [5.41, 5.74) is 2.10. The lowest BCUT2D eigenvalue weighted by Gasteiger charge is -2.35. The van der Waals surface area contributed by atoms with Crippen LogP contribution in [0.1, 0.15) is 30.5 Å². The minimum atomic E-state index is -0.122. The van der Waals surface area contributed by atoms with Gasteiger partial charge in [0.25, 0.3) is 0 Å². The van der Waals surface area contributed by atoms with Gasteiger partial charge in [0, 0.05) is 44.5 Å². The van der Waals surface area contributed by atoms with E-state index in [9.17, 15) is 4.79 Å². The molecule has 28 heavy (non-hydrogen) atoms. The van der Waals surface area contributed by atoms with E-state index in [4.69, 9.17) is 14.5 Å². The molecule has 0 N–H and O–H groups in total. The molecule has 152 valence electrons. The molecule has 3 saturated heterocycles. The number of carbonyl (C=O) groups is 1. The molecule has 0 aromatic carbocycles. The number of rotatable bonds is 3. The van der Waals surface area contributed by atoms with E-state index in [-0.39, 0.29) is 11.3 Å². The Morgan fingerprint density at radius 1 is 1.11 bits per heavy atom. The topological polar surface area (TPSA) is 71.0 Å². The molecule has 0 saturated carbocycles. The summed E-state index contributed by atoms with van der Waals surface area (Å²) in [5, 5.41) is 0. The summed E-state index contributed by atoms with van der Waals surface area (Å²) in [7, 11) is 0. The Hall–Kier alpha value is -1.77. The number of hydrogen-bond acceptors (Lipinski definition) is 7. The average molecular weight is 387 g/mol. The van der Waals surface area contributed by atoms with Gasteiger partial charge in [-0.2, -0.15) is 0 Å². The number of hydrogen-bond donors (Lipinski definition) is 0. The number of nitrogens with zero attached hydrogens (tertiary/aromatic N) is 5. The van der Waals surface area contributed by atoms with Crippen molar-refractivity contribution in [3.8, 4) is 0 Å². The van der Waals surface area contributed by atoms with Gasteiger partial charge in [-0.15, -0.1) is 0 Å². The third-order valence-electron chi connectivity index (χ3n) is 6.53. The molecule has 0 radical (unpaired) electrons. The van der Waals surface area contributed by atoms with Crippen LogP contribution in [0.2, 0.25) is 0 Å². The van der Waals surface area contributed by atoms with Crippen LogP contribution in [0, 0.1) is 0 Å². The second kappa shape index (κ2) is 7.57. The van der Waals surface area contributed by atoms with E-state index in [1.54, 1.807) is 0 Å². The Labute approximate surface area is 165 Å². The normalized spacial score (nSPS) is 28.1. The Morgan fingerprint density at radius 3 is 2.75 bits per heavy atom. The highest BCUT2D eigenvalue weighted by atomic mass is 16.5. The number of anilines is 1. The first-order valence-corrected chi connectivity index (χ1v) is 10.5. The van der Waals surface area contributed by atoms with Crippen molar-refractivity contribution in [3.63, 3.8) is 0 Å². The Bertz CT molecular complexity index is 733. The van der Waals surface area contributed by atoms with Gasteiger partial charge in [0.05, 0.1) is 44.1 Å². The molecule has 1 aromatic rings. The highest BCUT2D eigenvalue weighted by Gasteiger charge is 2.45. The molecule has 1 unspecified atom stereocenters. The van der Waals surface area contributed by atoms with E-state index in [0.29, 0.717) is 19.8 Å². The van der Waals surface area contributed by atoms with E-state index >= 15 is 0 Å². The monoisotopic (exact) mass is 387 g/mol. The zero-order valence-corrected chi connectivity index (χ0v) is 16.4. The zero-order chi connectivity index (χ0) is 19.0. The molecule has 1 spiro atoms. The lowest BCUT2D eigenvalue weighted by molar-refractivity contribution is -0.131. The summed E-state index contributed by atoms with van der Waals surface area (Å²) in [4.78, 5) is 28.7. The van der Waals surface area contributed by atoms with Crippen molar-refractivity contribution < 1.29 is 14.3 Å². The van der Waals surface area contributed by atoms with Crippen molar-refractivity contribution >= 4 is 11.9 Å². The summed E-state index contributed by atoms with van der Waals surface area (Å²) in [6.45, 7) is 8.46. The third-order valence-corrected chi connectivity index (χ3v) is 6.53. The number of fused-ring (bicyclic) bond motifs is 2. The Morgan fingerprint density at radius 2 is 1.93 bits per heavy atom. The van der Waals surface area contributed by atoms with Crippen molar-refractivity contribution in [2.24, 2.45) is 0 Å². The molecular formula is C20H29N5O3. The largest absolute Gasteiger partial charge is 0.378 e. The molecule has 3 fully saturated rings. The second-order valence-corrected chi connectivity index (χ2v) is 8.46. The van der Waals surface area contributed by atoms with Crippen LogP contribution in [0.25, 0.3) is 0 Å². The smallest absolute Gasteiger partial charge is 0.236 e. The summed E-state index contributed by atoms with van der Waals surface area (Å²) in [6, 6.07) is 0. The van der Waals surface area contributed by atoms with Gasteiger partial charge in [-0.1, -0.05) is 0 Å². The predicted octanol–water partition coefficient (Wildman–Crippen LogP) is 0.409. The van der Waals surface area contributed by atoms with Crippen molar-refractivity contribution in [2.75, 3.05) is 70.5 Å². The summed E-state index contributed by atoms with van der Waals surface area (Å²) < 4.78 is 11.4. The Kier molecular flexibility index (Phi) is 4.94. The SMILES string of the molecule is O=C(CN1CCC2(COCc3cnc(N4CCOCC4)nc32)C1)N1CCCC1. The molecule has 0 bridgehead atoms. The lowest BCUT2D eigenvalue weighted by Crippen LogP contribution is -2.44. The zero-order valence-electron chi connectivity index (χ0n) is 16.4. The number of aromatic nitrogens is 2. The Balaban J connectivity index is 1.34. The van der Waals surface area contributed by atoms with Gasteiger partial charge in [-0.3, -0.25) is 9.69 Å². The molecule has 5 rings (SSSR count). The van der Waals surface area contributed by atoms with Gasteiger partial charge in [0.1, 0.15) is 0 Å². The minimum Gasteiger partial charge on any atom is -0.378 e. The molecular weight excluding hydrogens is 358 g/mol. The van der Waals surface area contributed by atoms with E-state index < -0.39 is 0 Å². The van der Waals surface area contributed by atoms with Crippen molar-refractivity contribution in [1.29, 1.82) is 0 Å². The van der Waals surface area contributed by atoms with Gasteiger partial charge in [-0.25, -0.2) is 9.97 Å². The molecule has 8 heteroatoms. The van der Waals surface area contributed by atoms with Crippen LogP contribution >= 0.6 is 0 Å². The standard InChI is InChI=1S/C20H29N5O3/c26-17(24-4-1-2-5-24)12-23-6-3-20(14-23)15-28-13-16-11-21-19(22-18(16)20)25-7-9-27-10-8-25/h11H,1-10,12-15H2. The first-order valence-electron chi connectivity index (χ1n) is 10.5. The first-order chi connectivity index (χ1) is 13.7. The van der Waals surface area contributed by atoms with Gasteiger partial charge < -0.3 is 19.3 Å². The molecule has 1 amide bonds. The maximum absolute atomic E-state index is 12.6. The molecule has 1 aromatic heterocycles. The molecule has 8 nitrogen and oxygen atoms in total. The van der Waals surface area contributed by atoms with Crippen molar-refractivity contribution in [3.05, 3.63) is 17.5 Å². The van der Waals surface area contributed by atoms with Gasteiger partial charge in [0.15, 0.2) is 0 Å². The van der Waals surface area contributed by atoms with Gasteiger partial charge in [-0.05, 0) is 25.8 Å². The number of amides is 1. The fourth-order valence-electron chi connectivity index (χ4n) is 4.96. The fourth-order valence-corrected chi connectivity index (χ4v) is 4.96. The van der Waals surface area contributed by atoms with Crippen molar-refractivity contribution in [1.82, 2.24) is 19.8 Å². The molecule has 4 aliphatic heterocycles. The van der Waals surface area contributed by atoms with Crippen molar-refractivity contribution in [2.45, 2.75) is 31.3 Å².